The van der Waals surface area contributed by atoms with Crippen LogP contribution in [0.15, 0.2) is 16.3 Å². The lowest BCUT2D eigenvalue weighted by atomic mass is 10.4. The molecule has 0 aliphatic carbocycles. The summed E-state index contributed by atoms with van der Waals surface area (Å²) in [6, 6.07) is 3.21. The van der Waals surface area contributed by atoms with Crippen molar-refractivity contribution in [2.24, 2.45) is 0 Å². The maximum absolute atomic E-state index is 11.1. The molecule has 0 aromatic carbocycles. The van der Waals surface area contributed by atoms with E-state index in [9.17, 15) is 13.2 Å². The first-order valence-corrected chi connectivity index (χ1v) is 7.29. The first kappa shape index (κ1) is 12.5. The van der Waals surface area contributed by atoms with Crippen molar-refractivity contribution in [3.05, 3.63) is 17.0 Å². The van der Waals surface area contributed by atoms with Crippen LogP contribution in [0, 0.1) is 0 Å². The van der Waals surface area contributed by atoms with Crippen LogP contribution in [-0.2, 0) is 21.2 Å². The number of amides is 1. The number of thiophene rings is 1. The first-order chi connectivity index (χ1) is 6.93. The van der Waals surface area contributed by atoms with Crippen LogP contribution in [-0.4, -0.2) is 26.5 Å². The van der Waals surface area contributed by atoms with Crippen molar-refractivity contribution in [3.63, 3.8) is 0 Å². The molecule has 1 N–H and O–H groups in total. The minimum absolute atomic E-state index is 0.0929. The van der Waals surface area contributed by atoms with Crippen LogP contribution in [0.5, 0.6) is 0 Å². The van der Waals surface area contributed by atoms with Gasteiger partial charge in [-0.25, -0.2) is 8.42 Å². The highest BCUT2D eigenvalue weighted by Gasteiger charge is 2.10. The quantitative estimate of drug-likeness (QED) is 0.828. The average molecular weight is 268 g/mol. The first-order valence-electron chi connectivity index (χ1n) is 4.05. The molecule has 7 heteroatoms. The van der Waals surface area contributed by atoms with Crippen molar-refractivity contribution in [1.29, 1.82) is 0 Å². The molecule has 0 aliphatic heterocycles. The second kappa shape index (κ2) is 4.96. The minimum Gasteiger partial charge on any atom is -0.350 e. The Bertz CT molecular complexity index is 452. The predicted molar refractivity (Wildman–Crippen MR) is 60.0 cm³/mol. The highest BCUT2D eigenvalue weighted by Crippen LogP contribution is 2.20. The molecular formula is C8H10ClNO3S2. The van der Waals surface area contributed by atoms with Gasteiger partial charge in [0.2, 0.25) is 5.91 Å². The Hall–Kier alpha value is -0.590. The molecule has 0 unspecified atom stereocenters. The number of carbonyl (C=O) groups excluding carboxylic acids is 1. The van der Waals surface area contributed by atoms with Crippen molar-refractivity contribution < 1.29 is 13.2 Å². The third-order valence-electron chi connectivity index (χ3n) is 1.58. The molecule has 0 fully saturated rings. The van der Waals surface area contributed by atoms with Gasteiger partial charge < -0.3 is 5.32 Å². The Labute approximate surface area is 97.2 Å². The molecule has 0 spiro atoms. The van der Waals surface area contributed by atoms with Crippen LogP contribution in [0.4, 0.5) is 0 Å². The lowest BCUT2D eigenvalue weighted by molar-refractivity contribution is -0.118. The predicted octanol–water partition coefficient (Wildman–Crippen LogP) is 1.01. The second-order valence-electron chi connectivity index (χ2n) is 2.90. The van der Waals surface area contributed by atoms with E-state index >= 15 is 0 Å². The van der Waals surface area contributed by atoms with Crippen molar-refractivity contribution in [2.75, 3.05) is 12.1 Å². The summed E-state index contributed by atoms with van der Waals surface area (Å²) in [6.07, 6.45) is 1.15. The molecule has 84 valence electrons. The van der Waals surface area contributed by atoms with Gasteiger partial charge in [-0.3, -0.25) is 4.79 Å². The van der Waals surface area contributed by atoms with Gasteiger partial charge in [-0.2, -0.15) is 0 Å². The Morgan fingerprint density at radius 1 is 1.53 bits per heavy atom. The lowest BCUT2D eigenvalue weighted by Gasteiger charge is -1.98. The molecule has 0 bridgehead atoms. The molecule has 0 saturated carbocycles. The maximum Gasteiger partial charge on any atom is 0.235 e. The molecule has 1 aromatic rings. The number of sulfone groups is 1. The summed E-state index contributed by atoms with van der Waals surface area (Å²) in [5.74, 6) is -0.365. The molecule has 1 amide bonds. The van der Waals surface area contributed by atoms with E-state index in [0.717, 1.165) is 22.5 Å². The van der Waals surface area contributed by atoms with Crippen molar-refractivity contribution in [3.8, 4) is 0 Å². The Balaban J connectivity index is 2.66. The fraction of sp³-hybridized carbons (Fsp3) is 0.375. The topological polar surface area (TPSA) is 63.2 Å². The number of halogens is 1. The molecule has 4 nitrogen and oxygen atoms in total. The number of hydrogen-bond donors (Lipinski definition) is 1. The van der Waals surface area contributed by atoms with E-state index in [1.54, 1.807) is 6.07 Å². The normalized spacial score (nSPS) is 11.3. The monoisotopic (exact) mass is 267 g/mol. The van der Waals surface area contributed by atoms with E-state index in [0.29, 0.717) is 10.8 Å². The highest BCUT2D eigenvalue weighted by molar-refractivity contribution is 7.92. The lowest BCUT2D eigenvalue weighted by Crippen LogP contribution is -2.23. The molecule has 0 atom stereocenters. The summed E-state index contributed by atoms with van der Waals surface area (Å²) in [7, 11) is -3.15. The van der Waals surface area contributed by atoms with Gasteiger partial charge in [0.25, 0.3) is 0 Å². The van der Waals surface area contributed by atoms with E-state index in [1.807, 2.05) is 0 Å². The number of alkyl halides is 1. The highest BCUT2D eigenvalue weighted by atomic mass is 35.5. The fourth-order valence-electron chi connectivity index (χ4n) is 0.885. The van der Waals surface area contributed by atoms with Crippen LogP contribution < -0.4 is 5.32 Å². The molecule has 1 heterocycles. The SMILES string of the molecule is CS(=O)(=O)c1ccc(CNC(=O)CCl)s1. The zero-order valence-electron chi connectivity index (χ0n) is 7.99. The third kappa shape index (κ3) is 3.81. The molecule has 0 saturated heterocycles. The van der Waals surface area contributed by atoms with E-state index in [4.69, 9.17) is 11.6 Å². The fourth-order valence-corrected chi connectivity index (χ4v) is 2.90. The van der Waals surface area contributed by atoms with E-state index in [1.165, 1.54) is 6.07 Å². The number of hydrogen-bond acceptors (Lipinski definition) is 4. The van der Waals surface area contributed by atoms with Crippen LogP contribution in [0.1, 0.15) is 4.88 Å². The number of rotatable bonds is 4. The van der Waals surface area contributed by atoms with E-state index in [-0.39, 0.29) is 11.8 Å². The van der Waals surface area contributed by atoms with Gasteiger partial charge in [-0.15, -0.1) is 22.9 Å². The number of nitrogens with one attached hydrogen (secondary N) is 1. The van der Waals surface area contributed by atoms with Gasteiger partial charge in [-0.1, -0.05) is 0 Å². The van der Waals surface area contributed by atoms with Crippen molar-refractivity contribution in [2.45, 2.75) is 10.8 Å². The summed E-state index contributed by atoms with van der Waals surface area (Å²) in [5.41, 5.74) is 0. The summed E-state index contributed by atoms with van der Waals surface area (Å²) >= 11 is 6.44. The number of carbonyl (C=O) groups is 1. The van der Waals surface area contributed by atoms with Gasteiger partial charge in [0, 0.05) is 11.1 Å². The third-order valence-corrected chi connectivity index (χ3v) is 4.73. The zero-order chi connectivity index (χ0) is 11.5. The van der Waals surface area contributed by atoms with Crippen LogP contribution in [0.3, 0.4) is 0 Å². The van der Waals surface area contributed by atoms with Gasteiger partial charge in [0.1, 0.15) is 10.1 Å². The van der Waals surface area contributed by atoms with Gasteiger partial charge in [0.05, 0.1) is 6.54 Å². The maximum atomic E-state index is 11.1. The largest absolute Gasteiger partial charge is 0.350 e. The average Bonchev–Trinajstić information content (AvgIpc) is 2.61. The van der Waals surface area contributed by atoms with E-state index < -0.39 is 9.84 Å². The zero-order valence-corrected chi connectivity index (χ0v) is 10.4. The summed E-state index contributed by atoms with van der Waals surface area (Å²) in [6.45, 7) is 0.311. The minimum atomic E-state index is -3.15. The van der Waals surface area contributed by atoms with Crippen molar-refractivity contribution >= 4 is 38.7 Å². The standard InChI is InChI=1S/C8H10ClNO3S2/c1-15(12,13)8-3-2-6(14-8)5-10-7(11)4-9/h2-3H,4-5H2,1H3,(H,10,11). The van der Waals surface area contributed by atoms with E-state index in [2.05, 4.69) is 5.32 Å². The molecule has 1 aromatic heterocycles. The molecular weight excluding hydrogens is 258 g/mol. The Morgan fingerprint density at radius 2 is 2.20 bits per heavy atom. The van der Waals surface area contributed by atoms with Crippen molar-refractivity contribution in [1.82, 2.24) is 5.32 Å². The Kier molecular flexibility index (Phi) is 4.12. The summed E-state index contributed by atoms with van der Waals surface area (Å²) < 4.78 is 22.6. The molecule has 0 radical (unpaired) electrons. The summed E-state index contributed by atoms with van der Waals surface area (Å²) in [4.78, 5) is 11.6. The van der Waals surface area contributed by atoms with Gasteiger partial charge in [-0.05, 0) is 12.1 Å². The second-order valence-corrected chi connectivity index (χ2v) is 6.58. The Morgan fingerprint density at radius 3 is 2.67 bits per heavy atom. The van der Waals surface area contributed by atoms with Crippen LogP contribution >= 0.6 is 22.9 Å². The molecule has 1 rings (SSSR count). The smallest absolute Gasteiger partial charge is 0.235 e. The summed E-state index contributed by atoms with van der Waals surface area (Å²) in [5, 5.41) is 2.56. The van der Waals surface area contributed by atoms with Crippen LogP contribution in [0.2, 0.25) is 0 Å². The van der Waals surface area contributed by atoms with Crippen LogP contribution in [0.25, 0.3) is 0 Å². The molecule has 15 heavy (non-hydrogen) atoms. The van der Waals surface area contributed by atoms with Gasteiger partial charge >= 0.3 is 0 Å². The van der Waals surface area contributed by atoms with Gasteiger partial charge in [0.15, 0.2) is 9.84 Å². The molecule has 0 aliphatic rings.